The van der Waals surface area contributed by atoms with Crippen LogP contribution in [0, 0.1) is 0 Å². The minimum Gasteiger partial charge on any atom is -0.301 e. The number of rotatable bonds is 6. The highest BCUT2D eigenvalue weighted by molar-refractivity contribution is 7.15. The van der Waals surface area contributed by atoms with Gasteiger partial charge in [-0.1, -0.05) is 41.7 Å². The minimum absolute atomic E-state index is 0.0198. The Kier molecular flexibility index (Phi) is 4.92. The molecule has 3 rings (SSSR count). The van der Waals surface area contributed by atoms with Crippen molar-refractivity contribution < 1.29 is 4.79 Å². The van der Waals surface area contributed by atoms with Crippen molar-refractivity contribution in [3.05, 3.63) is 63.3 Å². The Balaban J connectivity index is 1.51. The molecule has 0 spiro atoms. The second-order valence-electron chi connectivity index (χ2n) is 4.84. The van der Waals surface area contributed by atoms with E-state index < -0.39 is 0 Å². The predicted octanol–water partition coefficient (Wildman–Crippen LogP) is 3.76. The van der Waals surface area contributed by atoms with E-state index in [4.69, 9.17) is 0 Å². The smallest absolute Gasteiger partial charge is 0.226 e. The highest BCUT2D eigenvalue weighted by atomic mass is 32.1. The largest absolute Gasteiger partial charge is 0.301 e. The molecule has 2 aromatic heterocycles. The van der Waals surface area contributed by atoms with Gasteiger partial charge < -0.3 is 5.32 Å². The fourth-order valence-corrected chi connectivity index (χ4v) is 3.51. The molecule has 6 heteroatoms. The topological polar surface area (TPSA) is 54.9 Å². The maximum atomic E-state index is 11.9. The van der Waals surface area contributed by atoms with E-state index in [0.29, 0.717) is 11.6 Å². The summed E-state index contributed by atoms with van der Waals surface area (Å²) >= 11 is 3.07. The van der Waals surface area contributed by atoms with Crippen LogP contribution in [0.1, 0.15) is 22.6 Å². The SMILES string of the molecule is O=C(CCc1ccsc1)Nc1nnc(Cc2ccccc2)s1. The van der Waals surface area contributed by atoms with E-state index in [1.165, 1.54) is 22.5 Å². The molecule has 0 fully saturated rings. The van der Waals surface area contributed by atoms with Crippen molar-refractivity contribution in [1.82, 2.24) is 10.2 Å². The second kappa shape index (κ2) is 7.29. The molecule has 0 bridgehead atoms. The average Bonchev–Trinajstić information content (AvgIpc) is 3.18. The zero-order valence-electron chi connectivity index (χ0n) is 11.9. The van der Waals surface area contributed by atoms with Crippen LogP contribution in [0.2, 0.25) is 0 Å². The molecule has 112 valence electrons. The van der Waals surface area contributed by atoms with Gasteiger partial charge in [-0.15, -0.1) is 10.2 Å². The van der Waals surface area contributed by atoms with Crippen molar-refractivity contribution >= 4 is 33.7 Å². The summed E-state index contributed by atoms with van der Waals surface area (Å²) in [5.41, 5.74) is 2.39. The summed E-state index contributed by atoms with van der Waals surface area (Å²) in [6.45, 7) is 0. The van der Waals surface area contributed by atoms with Gasteiger partial charge in [0.2, 0.25) is 11.0 Å². The van der Waals surface area contributed by atoms with Crippen LogP contribution < -0.4 is 5.32 Å². The van der Waals surface area contributed by atoms with Crippen LogP contribution in [0.15, 0.2) is 47.2 Å². The third-order valence-corrected chi connectivity index (χ3v) is 4.70. The van der Waals surface area contributed by atoms with Gasteiger partial charge in [0.05, 0.1) is 0 Å². The van der Waals surface area contributed by atoms with Gasteiger partial charge >= 0.3 is 0 Å². The third kappa shape index (κ3) is 4.22. The van der Waals surface area contributed by atoms with E-state index >= 15 is 0 Å². The quantitative estimate of drug-likeness (QED) is 0.749. The highest BCUT2D eigenvalue weighted by Crippen LogP contribution is 2.19. The number of nitrogens with zero attached hydrogens (tertiary/aromatic N) is 2. The fraction of sp³-hybridized carbons (Fsp3) is 0.188. The molecule has 1 aromatic carbocycles. The summed E-state index contributed by atoms with van der Waals surface area (Å²) in [6.07, 6.45) is 1.96. The summed E-state index contributed by atoms with van der Waals surface area (Å²) in [5, 5.41) is 16.5. The minimum atomic E-state index is -0.0198. The third-order valence-electron chi connectivity index (χ3n) is 3.13. The van der Waals surface area contributed by atoms with Gasteiger partial charge in [-0.2, -0.15) is 11.3 Å². The first kappa shape index (κ1) is 14.9. The monoisotopic (exact) mass is 329 g/mol. The lowest BCUT2D eigenvalue weighted by Gasteiger charge is -1.99. The number of hydrogen-bond donors (Lipinski definition) is 1. The molecule has 22 heavy (non-hydrogen) atoms. The number of nitrogens with one attached hydrogen (secondary N) is 1. The summed E-state index contributed by atoms with van der Waals surface area (Å²) in [4.78, 5) is 11.9. The van der Waals surface area contributed by atoms with Crippen molar-refractivity contribution in [3.8, 4) is 0 Å². The molecule has 0 radical (unpaired) electrons. The Morgan fingerprint density at radius 3 is 2.73 bits per heavy atom. The van der Waals surface area contributed by atoms with Crippen LogP contribution in [-0.2, 0) is 17.6 Å². The molecular formula is C16H15N3OS2. The van der Waals surface area contributed by atoms with Gasteiger partial charge in [-0.3, -0.25) is 4.79 Å². The number of aryl methyl sites for hydroxylation is 1. The molecule has 3 aromatic rings. The van der Waals surface area contributed by atoms with E-state index in [-0.39, 0.29) is 5.91 Å². The molecule has 0 unspecified atom stereocenters. The molecule has 0 aliphatic heterocycles. The van der Waals surface area contributed by atoms with Gasteiger partial charge in [0.1, 0.15) is 5.01 Å². The lowest BCUT2D eigenvalue weighted by Crippen LogP contribution is -2.11. The Bertz CT molecular complexity index is 723. The number of thiophene rings is 1. The Morgan fingerprint density at radius 1 is 1.09 bits per heavy atom. The molecule has 0 saturated heterocycles. The summed E-state index contributed by atoms with van der Waals surface area (Å²) in [7, 11) is 0. The molecule has 4 nitrogen and oxygen atoms in total. The first-order chi connectivity index (χ1) is 10.8. The van der Waals surface area contributed by atoms with Gasteiger partial charge in [-0.05, 0) is 34.4 Å². The molecule has 1 N–H and O–H groups in total. The average molecular weight is 329 g/mol. The number of carbonyl (C=O) groups is 1. The molecule has 0 aliphatic carbocycles. The van der Waals surface area contributed by atoms with Gasteiger partial charge in [0.15, 0.2) is 0 Å². The van der Waals surface area contributed by atoms with E-state index in [1.54, 1.807) is 11.3 Å². The lowest BCUT2D eigenvalue weighted by molar-refractivity contribution is -0.116. The number of amides is 1. The predicted molar refractivity (Wildman–Crippen MR) is 90.4 cm³/mol. The Labute approximate surface area is 136 Å². The van der Waals surface area contributed by atoms with Crippen molar-refractivity contribution in [2.24, 2.45) is 0 Å². The van der Waals surface area contributed by atoms with E-state index in [0.717, 1.165) is 17.8 Å². The number of benzene rings is 1. The van der Waals surface area contributed by atoms with E-state index in [1.807, 2.05) is 29.6 Å². The van der Waals surface area contributed by atoms with E-state index in [9.17, 15) is 4.79 Å². The Morgan fingerprint density at radius 2 is 1.95 bits per heavy atom. The van der Waals surface area contributed by atoms with Crippen LogP contribution >= 0.6 is 22.7 Å². The molecule has 0 saturated carbocycles. The zero-order valence-corrected chi connectivity index (χ0v) is 13.5. The van der Waals surface area contributed by atoms with Gasteiger partial charge in [-0.25, -0.2) is 0 Å². The number of anilines is 1. The van der Waals surface area contributed by atoms with Crippen LogP contribution in [0.5, 0.6) is 0 Å². The number of aromatic nitrogens is 2. The molecule has 1 amide bonds. The standard InChI is InChI=1S/C16H15N3OS2/c20-14(7-6-13-8-9-21-11-13)17-16-19-18-15(22-16)10-12-4-2-1-3-5-12/h1-5,8-9,11H,6-7,10H2,(H,17,19,20). The molecular weight excluding hydrogens is 314 g/mol. The molecule has 0 aliphatic rings. The van der Waals surface area contributed by atoms with Crippen LogP contribution in [-0.4, -0.2) is 16.1 Å². The normalized spacial score (nSPS) is 10.5. The highest BCUT2D eigenvalue weighted by Gasteiger charge is 2.09. The first-order valence-electron chi connectivity index (χ1n) is 6.97. The van der Waals surface area contributed by atoms with Gasteiger partial charge in [0.25, 0.3) is 0 Å². The molecule has 0 atom stereocenters. The number of hydrogen-bond acceptors (Lipinski definition) is 5. The summed E-state index contributed by atoms with van der Waals surface area (Å²) < 4.78 is 0. The maximum Gasteiger partial charge on any atom is 0.226 e. The second-order valence-corrected chi connectivity index (χ2v) is 6.69. The number of carbonyl (C=O) groups excluding carboxylic acids is 1. The van der Waals surface area contributed by atoms with Crippen LogP contribution in [0.3, 0.4) is 0 Å². The maximum absolute atomic E-state index is 11.9. The lowest BCUT2D eigenvalue weighted by atomic mass is 10.2. The van der Waals surface area contributed by atoms with Gasteiger partial charge in [0, 0.05) is 12.8 Å². The first-order valence-corrected chi connectivity index (χ1v) is 8.73. The van der Waals surface area contributed by atoms with Crippen molar-refractivity contribution in [3.63, 3.8) is 0 Å². The van der Waals surface area contributed by atoms with Crippen molar-refractivity contribution in [1.29, 1.82) is 0 Å². The van der Waals surface area contributed by atoms with Crippen LogP contribution in [0.4, 0.5) is 5.13 Å². The Hall–Kier alpha value is -2.05. The summed E-state index contributed by atoms with van der Waals surface area (Å²) in [5.74, 6) is -0.0198. The van der Waals surface area contributed by atoms with Crippen molar-refractivity contribution in [2.45, 2.75) is 19.3 Å². The summed E-state index contributed by atoms with van der Waals surface area (Å²) in [6, 6.07) is 12.2. The fourth-order valence-electron chi connectivity index (χ4n) is 2.02. The van der Waals surface area contributed by atoms with Crippen LogP contribution in [0.25, 0.3) is 0 Å². The van der Waals surface area contributed by atoms with E-state index in [2.05, 4.69) is 33.0 Å². The van der Waals surface area contributed by atoms with Crippen molar-refractivity contribution in [2.75, 3.05) is 5.32 Å². The zero-order chi connectivity index (χ0) is 15.2. The molecule has 2 heterocycles.